The van der Waals surface area contributed by atoms with Crippen molar-refractivity contribution in [3.8, 4) is 0 Å². The number of aldehydes is 1. The predicted molar refractivity (Wildman–Crippen MR) is 66.6 cm³/mol. The van der Waals surface area contributed by atoms with E-state index in [-0.39, 0.29) is 11.6 Å². The Morgan fingerprint density at radius 1 is 1.53 bits per heavy atom. The van der Waals surface area contributed by atoms with Crippen molar-refractivity contribution in [2.24, 2.45) is 11.8 Å². The second-order valence-electron chi connectivity index (χ2n) is 5.58. The fraction of sp³-hybridized carbons (Fsp3) is 0.857. The fourth-order valence-corrected chi connectivity index (χ4v) is 2.94. The number of hydrogen-bond acceptors (Lipinski definition) is 3. The first kappa shape index (κ1) is 14.2. The van der Waals surface area contributed by atoms with Gasteiger partial charge in [0.2, 0.25) is 0 Å². The lowest BCUT2D eigenvalue weighted by molar-refractivity contribution is -0.164. The summed E-state index contributed by atoms with van der Waals surface area (Å²) in [5.41, 5.74) is -0.375. The summed E-state index contributed by atoms with van der Waals surface area (Å²) in [6.45, 7) is 5.89. The number of rotatable bonds is 5. The van der Waals surface area contributed by atoms with Gasteiger partial charge in [-0.2, -0.15) is 0 Å². The van der Waals surface area contributed by atoms with E-state index in [9.17, 15) is 9.59 Å². The summed E-state index contributed by atoms with van der Waals surface area (Å²) in [4.78, 5) is 21.8. The van der Waals surface area contributed by atoms with E-state index in [0.717, 1.165) is 25.5 Å². The van der Waals surface area contributed by atoms with Crippen molar-refractivity contribution in [1.29, 1.82) is 0 Å². The summed E-state index contributed by atoms with van der Waals surface area (Å²) in [6.07, 6.45) is 6.21. The van der Waals surface area contributed by atoms with E-state index >= 15 is 0 Å². The zero-order chi connectivity index (χ0) is 12.9. The molecule has 17 heavy (non-hydrogen) atoms. The van der Waals surface area contributed by atoms with Crippen LogP contribution < -0.4 is 0 Å². The van der Waals surface area contributed by atoms with Crippen LogP contribution in [0.15, 0.2) is 0 Å². The van der Waals surface area contributed by atoms with Gasteiger partial charge in [0.1, 0.15) is 11.9 Å². The van der Waals surface area contributed by atoms with Crippen LogP contribution in [-0.2, 0) is 14.3 Å². The highest BCUT2D eigenvalue weighted by Crippen LogP contribution is 2.41. The Morgan fingerprint density at radius 3 is 2.76 bits per heavy atom. The number of hydrogen-bond donors (Lipinski definition) is 0. The Labute approximate surface area is 104 Å². The number of carbonyl (C=O) groups is 2. The van der Waals surface area contributed by atoms with Crippen LogP contribution in [0.25, 0.3) is 0 Å². The molecule has 0 N–H and O–H groups in total. The standard InChI is InChI=1S/C14H24O3/c1-11(2)13-6-4-7-14(10-13,8-5-9-15)17-12(3)16/h9,11,13H,4-8,10H2,1-3H3. The van der Waals surface area contributed by atoms with Crippen LogP contribution in [0, 0.1) is 11.8 Å². The van der Waals surface area contributed by atoms with Gasteiger partial charge in [0, 0.05) is 13.3 Å². The molecule has 0 aromatic heterocycles. The minimum atomic E-state index is -0.375. The molecule has 1 saturated carbocycles. The average Bonchev–Trinajstić information content (AvgIpc) is 2.26. The normalized spacial score (nSPS) is 29.1. The van der Waals surface area contributed by atoms with Crippen LogP contribution in [0.5, 0.6) is 0 Å². The maximum absolute atomic E-state index is 11.2. The van der Waals surface area contributed by atoms with Crippen molar-refractivity contribution in [2.45, 2.75) is 64.9 Å². The third kappa shape index (κ3) is 4.14. The lowest BCUT2D eigenvalue weighted by Crippen LogP contribution is -2.41. The lowest BCUT2D eigenvalue weighted by atomic mass is 9.72. The SMILES string of the molecule is CC(=O)OC1(CCC=O)CCCC(C(C)C)C1. The monoisotopic (exact) mass is 240 g/mol. The molecule has 98 valence electrons. The second kappa shape index (κ2) is 6.18. The van der Waals surface area contributed by atoms with Gasteiger partial charge in [0.05, 0.1) is 0 Å². The molecule has 0 aliphatic heterocycles. The van der Waals surface area contributed by atoms with Crippen LogP contribution in [0.3, 0.4) is 0 Å². The molecule has 2 unspecified atom stereocenters. The molecule has 1 aliphatic carbocycles. The molecule has 0 amide bonds. The molecule has 0 bridgehead atoms. The summed E-state index contributed by atoms with van der Waals surface area (Å²) >= 11 is 0. The molecule has 0 radical (unpaired) electrons. The molecule has 0 saturated heterocycles. The van der Waals surface area contributed by atoms with Gasteiger partial charge < -0.3 is 9.53 Å². The molecule has 1 fully saturated rings. The largest absolute Gasteiger partial charge is 0.459 e. The molecule has 0 aromatic carbocycles. The van der Waals surface area contributed by atoms with Gasteiger partial charge >= 0.3 is 5.97 Å². The van der Waals surface area contributed by atoms with E-state index in [2.05, 4.69) is 13.8 Å². The van der Waals surface area contributed by atoms with E-state index in [1.807, 2.05) is 0 Å². The topological polar surface area (TPSA) is 43.4 Å². The average molecular weight is 240 g/mol. The summed E-state index contributed by atoms with van der Waals surface area (Å²) in [5.74, 6) is 0.997. The predicted octanol–water partition coefficient (Wildman–Crippen LogP) is 3.11. The summed E-state index contributed by atoms with van der Waals surface area (Å²) in [5, 5.41) is 0. The number of ether oxygens (including phenoxy) is 1. The van der Waals surface area contributed by atoms with Crippen LogP contribution in [-0.4, -0.2) is 17.9 Å². The molecule has 1 rings (SSSR count). The fourth-order valence-electron chi connectivity index (χ4n) is 2.94. The molecule has 0 spiro atoms. The van der Waals surface area contributed by atoms with Gasteiger partial charge in [-0.05, 0) is 43.9 Å². The summed E-state index contributed by atoms with van der Waals surface area (Å²) < 4.78 is 5.56. The number of carbonyl (C=O) groups excluding carboxylic acids is 2. The van der Waals surface area contributed by atoms with Crippen LogP contribution in [0.4, 0.5) is 0 Å². The number of esters is 1. The van der Waals surface area contributed by atoms with Gasteiger partial charge in [-0.3, -0.25) is 4.79 Å². The highest BCUT2D eigenvalue weighted by Gasteiger charge is 2.39. The van der Waals surface area contributed by atoms with E-state index in [4.69, 9.17) is 4.74 Å². The smallest absolute Gasteiger partial charge is 0.303 e. The Hall–Kier alpha value is -0.860. The van der Waals surface area contributed by atoms with Crippen molar-refractivity contribution < 1.29 is 14.3 Å². The van der Waals surface area contributed by atoms with Crippen LogP contribution in [0.1, 0.15) is 59.3 Å². The zero-order valence-electron chi connectivity index (χ0n) is 11.2. The van der Waals surface area contributed by atoms with Gasteiger partial charge in [0.25, 0.3) is 0 Å². The Morgan fingerprint density at radius 2 is 2.24 bits per heavy atom. The van der Waals surface area contributed by atoms with Gasteiger partial charge in [0.15, 0.2) is 0 Å². The van der Waals surface area contributed by atoms with E-state index in [1.165, 1.54) is 13.3 Å². The molecule has 2 atom stereocenters. The highest BCUT2D eigenvalue weighted by atomic mass is 16.6. The van der Waals surface area contributed by atoms with Crippen molar-refractivity contribution >= 4 is 12.3 Å². The van der Waals surface area contributed by atoms with Crippen LogP contribution >= 0.6 is 0 Å². The molecule has 3 heteroatoms. The third-order valence-corrected chi connectivity index (χ3v) is 3.86. The van der Waals surface area contributed by atoms with Gasteiger partial charge in [-0.1, -0.05) is 13.8 Å². The van der Waals surface area contributed by atoms with Crippen molar-refractivity contribution in [3.05, 3.63) is 0 Å². The first-order valence-electron chi connectivity index (χ1n) is 6.62. The zero-order valence-corrected chi connectivity index (χ0v) is 11.2. The Bertz CT molecular complexity index is 273. The maximum atomic E-state index is 11.2. The molecule has 0 heterocycles. The lowest BCUT2D eigenvalue weighted by Gasteiger charge is -2.41. The molecular formula is C14H24O3. The summed E-state index contributed by atoms with van der Waals surface area (Å²) in [7, 11) is 0. The van der Waals surface area contributed by atoms with Gasteiger partial charge in [-0.15, -0.1) is 0 Å². The molecule has 3 nitrogen and oxygen atoms in total. The molecule has 1 aliphatic rings. The Kier molecular flexibility index (Phi) is 5.16. The van der Waals surface area contributed by atoms with Gasteiger partial charge in [-0.25, -0.2) is 0 Å². The van der Waals surface area contributed by atoms with Crippen molar-refractivity contribution in [2.75, 3.05) is 0 Å². The quantitative estimate of drug-likeness (QED) is 0.548. The first-order valence-corrected chi connectivity index (χ1v) is 6.62. The minimum absolute atomic E-state index is 0.222. The first-order chi connectivity index (χ1) is 7.99. The van der Waals surface area contributed by atoms with Crippen molar-refractivity contribution in [3.63, 3.8) is 0 Å². The van der Waals surface area contributed by atoms with Crippen LogP contribution in [0.2, 0.25) is 0 Å². The third-order valence-electron chi connectivity index (χ3n) is 3.86. The summed E-state index contributed by atoms with van der Waals surface area (Å²) in [6, 6.07) is 0. The maximum Gasteiger partial charge on any atom is 0.303 e. The van der Waals surface area contributed by atoms with Crippen molar-refractivity contribution in [1.82, 2.24) is 0 Å². The minimum Gasteiger partial charge on any atom is -0.459 e. The second-order valence-corrected chi connectivity index (χ2v) is 5.58. The molecule has 0 aromatic rings. The Balaban J connectivity index is 2.73. The van der Waals surface area contributed by atoms with E-state index in [1.54, 1.807) is 0 Å². The molecular weight excluding hydrogens is 216 g/mol. The highest BCUT2D eigenvalue weighted by molar-refractivity contribution is 5.66. The van der Waals surface area contributed by atoms with E-state index in [0.29, 0.717) is 24.7 Å². The van der Waals surface area contributed by atoms with E-state index < -0.39 is 0 Å².